The first kappa shape index (κ1) is 30.6. The number of hydrogen-bond donors (Lipinski definition) is 1. The summed E-state index contributed by atoms with van der Waals surface area (Å²) < 4.78 is 21.1. The van der Waals surface area contributed by atoms with Crippen LogP contribution in [0, 0.1) is 5.82 Å². The Bertz CT molecular complexity index is 2150. The first-order valence-corrected chi connectivity index (χ1v) is 15.5. The number of carbonyl (C=O) groups excluding carboxylic acids is 1. The molecular formula is C37H26ClFN6O3. The van der Waals surface area contributed by atoms with Crippen LogP contribution in [0.1, 0.15) is 40.5 Å². The van der Waals surface area contributed by atoms with Gasteiger partial charge in [-0.15, -0.1) is 0 Å². The van der Waals surface area contributed by atoms with E-state index in [1.807, 2.05) is 60.7 Å². The Morgan fingerprint density at radius 1 is 0.896 bits per heavy atom. The van der Waals surface area contributed by atoms with Crippen molar-refractivity contribution in [1.29, 1.82) is 0 Å². The highest BCUT2D eigenvalue weighted by Crippen LogP contribution is 2.36. The highest BCUT2D eigenvalue weighted by Gasteiger charge is 2.27. The van der Waals surface area contributed by atoms with Gasteiger partial charge in [0.2, 0.25) is 11.3 Å². The van der Waals surface area contributed by atoms with E-state index in [-0.39, 0.29) is 39.8 Å². The highest BCUT2D eigenvalue weighted by atomic mass is 35.5. The van der Waals surface area contributed by atoms with E-state index in [4.69, 9.17) is 21.3 Å². The minimum absolute atomic E-state index is 0.101. The van der Waals surface area contributed by atoms with Crippen molar-refractivity contribution in [2.45, 2.75) is 18.9 Å². The standard InChI is InChI=1S/C37H26ClFN6O3/c38-32-30(19-20-40-36(32)43-33(24-7-3-1-4-8-24)25-9-5-2-6-10-25)48-31-18-15-27(21-41-31)42-37(47)34-35(46)29(22-45(44-34)28-16-17-28)23-11-13-26(39)14-12-23/h1-15,18-22,28H,16-17H2,(H,42,47). The summed E-state index contributed by atoms with van der Waals surface area (Å²) in [5, 5.41) is 7.21. The maximum atomic E-state index is 13.5. The molecule has 0 radical (unpaired) electrons. The number of rotatable bonds is 9. The van der Waals surface area contributed by atoms with Gasteiger partial charge in [0.1, 0.15) is 10.8 Å². The number of nitrogens with one attached hydrogen (secondary N) is 1. The summed E-state index contributed by atoms with van der Waals surface area (Å²) in [7, 11) is 0. The predicted octanol–water partition coefficient (Wildman–Crippen LogP) is 8.04. The van der Waals surface area contributed by atoms with Crippen LogP contribution in [-0.2, 0) is 0 Å². The molecule has 1 aliphatic carbocycles. The summed E-state index contributed by atoms with van der Waals surface area (Å²) in [4.78, 5) is 40.1. The van der Waals surface area contributed by atoms with Crippen LogP contribution in [0.15, 0.2) is 132 Å². The second kappa shape index (κ2) is 13.4. The molecule has 1 saturated carbocycles. The topological polar surface area (TPSA) is 111 Å². The molecule has 11 heteroatoms. The minimum Gasteiger partial charge on any atom is -0.437 e. The van der Waals surface area contributed by atoms with Crippen LogP contribution in [0.25, 0.3) is 11.1 Å². The van der Waals surface area contributed by atoms with Crippen molar-refractivity contribution in [3.05, 3.63) is 160 Å². The summed E-state index contributed by atoms with van der Waals surface area (Å²) >= 11 is 6.73. The van der Waals surface area contributed by atoms with Crippen LogP contribution in [0.3, 0.4) is 0 Å². The first-order valence-electron chi connectivity index (χ1n) is 15.1. The number of aliphatic imine (C=N–C) groups is 1. The molecule has 1 aliphatic rings. The summed E-state index contributed by atoms with van der Waals surface area (Å²) in [5.74, 6) is -0.352. The molecule has 0 saturated heterocycles. The van der Waals surface area contributed by atoms with Crippen LogP contribution >= 0.6 is 11.6 Å². The summed E-state index contributed by atoms with van der Waals surface area (Å²) in [6, 6.07) is 29.9. The molecule has 9 nitrogen and oxygen atoms in total. The molecule has 1 fully saturated rings. The fourth-order valence-electron chi connectivity index (χ4n) is 5.00. The second-order valence-corrected chi connectivity index (χ2v) is 11.4. The van der Waals surface area contributed by atoms with Crippen LogP contribution in [0.2, 0.25) is 5.02 Å². The van der Waals surface area contributed by atoms with E-state index < -0.39 is 17.2 Å². The molecule has 0 atom stereocenters. The van der Waals surface area contributed by atoms with Crippen molar-refractivity contribution in [3.63, 3.8) is 0 Å². The molecular weight excluding hydrogens is 631 g/mol. The summed E-state index contributed by atoms with van der Waals surface area (Å²) in [6.07, 6.45) is 6.34. The van der Waals surface area contributed by atoms with Crippen LogP contribution in [-0.4, -0.2) is 31.4 Å². The fraction of sp³-hybridized carbons (Fsp3) is 0.0811. The third-order valence-corrected chi connectivity index (χ3v) is 7.94. The van der Waals surface area contributed by atoms with Crippen LogP contribution in [0.5, 0.6) is 11.6 Å². The maximum absolute atomic E-state index is 13.5. The van der Waals surface area contributed by atoms with Crippen LogP contribution < -0.4 is 15.5 Å². The number of carbonyl (C=O) groups is 1. The number of halogens is 2. The van der Waals surface area contributed by atoms with Crippen molar-refractivity contribution in [1.82, 2.24) is 19.7 Å². The molecule has 236 valence electrons. The molecule has 6 aromatic rings. The summed E-state index contributed by atoms with van der Waals surface area (Å²) in [5.41, 5.74) is 2.75. The fourth-order valence-corrected chi connectivity index (χ4v) is 5.19. The molecule has 3 aromatic carbocycles. The number of benzene rings is 3. The van der Waals surface area contributed by atoms with E-state index >= 15 is 0 Å². The van der Waals surface area contributed by atoms with Crippen molar-refractivity contribution in [2.24, 2.45) is 4.99 Å². The number of hydrogen-bond acceptors (Lipinski definition) is 7. The first-order chi connectivity index (χ1) is 23.4. The quantitative estimate of drug-likeness (QED) is 0.158. The SMILES string of the molecule is O=C(Nc1ccc(Oc2ccnc(N=C(c3ccccc3)c3ccccc3)c2Cl)nc1)c1nn(C2CC2)cc(-c2ccc(F)cc2)c1=O. The molecule has 0 unspecified atom stereocenters. The molecule has 1 amide bonds. The summed E-state index contributed by atoms with van der Waals surface area (Å²) in [6.45, 7) is 0. The number of anilines is 1. The Morgan fingerprint density at radius 3 is 2.21 bits per heavy atom. The number of amides is 1. The van der Waals surface area contributed by atoms with Crippen LogP contribution in [0.4, 0.5) is 15.9 Å². The van der Waals surface area contributed by atoms with E-state index in [0.717, 1.165) is 24.0 Å². The van der Waals surface area contributed by atoms with Gasteiger partial charge in [-0.1, -0.05) is 84.4 Å². The number of nitrogens with zero attached hydrogens (tertiary/aromatic N) is 5. The number of ether oxygens (including phenoxy) is 1. The smallest absolute Gasteiger partial charge is 0.280 e. The Kier molecular flexibility index (Phi) is 8.55. The lowest BCUT2D eigenvalue weighted by Gasteiger charge is -2.12. The van der Waals surface area contributed by atoms with Crippen molar-refractivity contribution < 1.29 is 13.9 Å². The average Bonchev–Trinajstić information content (AvgIpc) is 3.97. The lowest BCUT2D eigenvalue weighted by molar-refractivity contribution is 0.101. The maximum Gasteiger partial charge on any atom is 0.280 e. The zero-order valence-electron chi connectivity index (χ0n) is 25.3. The molecule has 48 heavy (non-hydrogen) atoms. The Labute approximate surface area is 279 Å². The lowest BCUT2D eigenvalue weighted by Crippen LogP contribution is -2.27. The molecule has 0 spiro atoms. The second-order valence-electron chi connectivity index (χ2n) is 11.0. The minimum atomic E-state index is -0.693. The zero-order valence-corrected chi connectivity index (χ0v) is 26.0. The van der Waals surface area contributed by atoms with Gasteiger partial charge in [0, 0.05) is 41.2 Å². The largest absolute Gasteiger partial charge is 0.437 e. The Morgan fingerprint density at radius 2 is 1.58 bits per heavy atom. The van der Waals surface area contributed by atoms with E-state index in [9.17, 15) is 14.0 Å². The number of aromatic nitrogens is 4. The molecule has 7 rings (SSSR count). The molecule has 1 N–H and O–H groups in total. The third-order valence-electron chi connectivity index (χ3n) is 7.58. The van der Waals surface area contributed by atoms with Gasteiger partial charge in [0.05, 0.1) is 23.6 Å². The van der Waals surface area contributed by atoms with E-state index in [1.165, 1.54) is 30.5 Å². The van der Waals surface area contributed by atoms with Gasteiger partial charge in [0.25, 0.3) is 5.91 Å². The predicted molar refractivity (Wildman–Crippen MR) is 182 cm³/mol. The third kappa shape index (κ3) is 6.74. The van der Waals surface area contributed by atoms with Crippen molar-refractivity contribution in [2.75, 3.05) is 5.32 Å². The highest BCUT2D eigenvalue weighted by molar-refractivity contribution is 6.34. The van der Waals surface area contributed by atoms with Crippen molar-refractivity contribution in [3.8, 4) is 22.8 Å². The van der Waals surface area contributed by atoms with Gasteiger partial charge in [-0.3, -0.25) is 14.3 Å². The Balaban J connectivity index is 1.11. The van der Waals surface area contributed by atoms with E-state index in [0.29, 0.717) is 17.0 Å². The van der Waals surface area contributed by atoms with Gasteiger partial charge in [-0.05, 0) is 36.6 Å². The molecule has 0 bridgehead atoms. The molecule has 3 aromatic heterocycles. The normalized spacial score (nSPS) is 12.3. The average molecular weight is 657 g/mol. The van der Waals surface area contributed by atoms with Gasteiger partial charge < -0.3 is 10.1 Å². The van der Waals surface area contributed by atoms with Gasteiger partial charge in [-0.2, -0.15) is 5.10 Å². The van der Waals surface area contributed by atoms with E-state index in [1.54, 1.807) is 35.3 Å². The monoisotopic (exact) mass is 656 g/mol. The zero-order chi connectivity index (χ0) is 33.0. The lowest BCUT2D eigenvalue weighted by atomic mass is 10.0. The Hall–Kier alpha value is -6.00. The van der Waals surface area contributed by atoms with Crippen molar-refractivity contribution >= 4 is 34.7 Å². The molecule has 3 heterocycles. The molecule has 0 aliphatic heterocycles. The van der Waals surface area contributed by atoms with Gasteiger partial charge in [0.15, 0.2) is 17.3 Å². The van der Waals surface area contributed by atoms with Gasteiger partial charge >= 0.3 is 0 Å². The van der Waals surface area contributed by atoms with E-state index in [2.05, 4.69) is 20.4 Å². The number of pyridine rings is 2. The van der Waals surface area contributed by atoms with Gasteiger partial charge in [-0.25, -0.2) is 19.4 Å².